The van der Waals surface area contributed by atoms with Crippen molar-refractivity contribution in [1.29, 1.82) is 0 Å². The van der Waals surface area contributed by atoms with Gasteiger partial charge in [0.25, 0.3) is 5.91 Å². The van der Waals surface area contributed by atoms with Gasteiger partial charge in [-0.25, -0.2) is 8.42 Å². The number of nitrogens with zero attached hydrogens (tertiary/aromatic N) is 3. The average molecular weight is 467 g/mol. The van der Waals surface area contributed by atoms with Crippen molar-refractivity contribution in [2.45, 2.75) is 17.9 Å². The molecule has 11 heteroatoms. The monoisotopic (exact) mass is 466 g/mol. The maximum atomic E-state index is 13.0. The molecule has 2 aliphatic heterocycles. The van der Waals surface area contributed by atoms with E-state index in [1.165, 1.54) is 16.6 Å². The normalized spacial score (nSPS) is 19.7. The van der Waals surface area contributed by atoms with Gasteiger partial charge in [0.05, 0.1) is 32.5 Å². The highest BCUT2D eigenvalue weighted by Crippen LogP contribution is 2.24. The minimum Gasteiger partial charge on any atom is -0.465 e. The van der Waals surface area contributed by atoms with Crippen molar-refractivity contribution in [1.82, 2.24) is 19.1 Å². The van der Waals surface area contributed by atoms with E-state index in [2.05, 4.69) is 10.2 Å². The van der Waals surface area contributed by atoms with Gasteiger partial charge in [-0.15, -0.1) is 0 Å². The summed E-state index contributed by atoms with van der Waals surface area (Å²) in [5, 5.41) is 2.96. The molecule has 0 aliphatic carbocycles. The highest BCUT2D eigenvalue weighted by Gasteiger charge is 2.30. The van der Waals surface area contributed by atoms with Gasteiger partial charge in [-0.05, 0) is 25.1 Å². The summed E-state index contributed by atoms with van der Waals surface area (Å²) in [4.78, 5) is 15.3. The molecule has 0 bridgehead atoms. The number of aromatic nitrogens is 1. The zero-order chi connectivity index (χ0) is 22.7. The van der Waals surface area contributed by atoms with Crippen molar-refractivity contribution in [3.63, 3.8) is 0 Å². The maximum absolute atomic E-state index is 13.0. The molecule has 4 rings (SSSR count). The summed E-state index contributed by atoms with van der Waals surface area (Å²) in [6.07, 6.45) is 1.48. The van der Waals surface area contributed by atoms with Crippen LogP contribution < -0.4 is 5.32 Å². The third-order valence-corrected chi connectivity index (χ3v) is 7.72. The zero-order valence-corrected chi connectivity index (χ0v) is 19.3. The van der Waals surface area contributed by atoms with Crippen molar-refractivity contribution in [3.8, 4) is 0 Å². The molecule has 10 nitrogen and oxygen atoms in total. The second-order valence-electron chi connectivity index (χ2n) is 8.01. The Balaban J connectivity index is 1.48. The first-order valence-corrected chi connectivity index (χ1v) is 12.2. The van der Waals surface area contributed by atoms with Gasteiger partial charge < -0.3 is 23.8 Å². The number of hydrogen-bond donors (Lipinski definition) is 1. The number of hydrogen-bond acceptors (Lipinski definition) is 7. The maximum Gasteiger partial charge on any atom is 0.268 e. The van der Waals surface area contributed by atoms with E-state index in [1.807, 2.05) is 19.1 Å². The first kappa shape index (κ1) is 23.0. The van der Waals surface area contributed by atoms with Crippen molar-refractivity contribution >= 4 is 15.9 Å². The van der Waals surface area contributed by atoms with E-state index in [9.17, 15) is 13.2 Å². The lowest BCUT2D eigenvalue weighted by molar-refractivity contribution is 0.0116. The molecule has 2 aliphatic rings. The van der Waals surface area contributed by atoms with Crippen LogP contribution in [0.2, 0.25) is 0 Å². The fourth-order valence-electron chi connectivity index (χ4n) is 4.05. The van der Waals surface area contributed by atoms with E-state index in [0.29, 0.717) is 46.1 Å². The highest BCUT2D eigenvalue weighted by molar-refractivity contribution is 7.89. The topological polar surface area (TPSA) is 106 Å². The Morgan fingerprint density at radius 1 is 1.09 bits per heavy atom. The predicted octanol–water partition coefficient (Wildman–Crippen LogP) is 0.751. The van der Waals surface area contributed by atoms with Gasteiger partial charge >= 0.3 is 0 Å². The Labute approximate surface area is 188 Å². The lowest BCUT2D eigenvalue weighted by Gasteiger charge is -2.33. The summed E-state index contributed by atoms with van der Waals surface area (Å²) in [6, 6.07) is 5.14. The van der Waals surface area contributed by atoms with Crippen molar-refractivity contribution < 1.29 is 27.1 Å². The van der Waals surface area contributed by atoms with Gasteiger partial charge in [0, 0.05) is 46.0 Å². The fourth-order valence-corrected chi connectivity index (χ4v) is 5.53. The standard InChI is InChI=1S/C21H30N4O6S/c1-16-3-4-20(31-16)19(24-5-9-29-10-6-24)14-22-21(26)18-13-17(15-23(18)2)32(27,28)25-7-11-30-12-8-25/h3-4,13,15,19H,5-12,14H2,1-2H3,(H,22,26)/t19-/m1/s1. The SMILES string of the molecule is Cc1ccc([C@@H](CNC(=O)c2cc(S(=O)(=O)N3CCOCC3)cn2C)N2CCOCC2)o1. The molecular weight excluding hydrogens is 436 g/mol. The van der Waals surface area contributed by atoms with Gasteiger partial charge in [-0.2, -0.15) is 4.31 Å². The molecule has 1 amide bonds. The Morgan fingerprint density at radius 2 is 1.75 bits per heavy atom. The number of carbonyl (C=O) groups is 1. The zero-order valence-electron chi connectivity index (χ0n) is 18.5. The molecule has 176 valence electrons. The van der Waals surface area contributed by atoms with Crippen LogP contribution >= 0.6 is 0 Å². The van der Waals surface area contributed by atoms with Crippen LogP contribution in [0.25, 0.3) is 0 Å². The van der Waals surface area contributed by atoms with Crippen LogP contribution in [0, 0.1) is 6.92 Å². The Hall–Kier alpha value is -2.18. The van der Waals surface area contributed by atoms with Crippen molar-refractivity contribution in [2.24, 2.45) is 7.05 Å². The van der Waals surface area contributed by atoms with Crippen LogP contribution in [-0.4, -0.2) is 87.2 Å². The number of rotatable bonds is 7. The number of amides is 1. The third kappa shape index (κ3) is 4.91. The van der Waals surface area contributed by atoms with Crippen molar-refractivity contribution in [2.75, 3.05) is 59.2 Å². The van der Waals surface area contributed by atoms with E-state index in [4.69, 9.17) is 13.9 Å². The van der Waals surface area contributed by atoms with Crippen LogP contribution in [0.3, 0.4) is 0 Å². The third-order valence-electron chi connectivity index (χ3n) is 5.85. The van der Waals surface area contributed by atoms with Gasteiger partial charge in [0.15, 0.2) is 0 Å². The Bertz CT molecular complexity index is 1030. The fraction of sp³-hybridized carbons (Fsp3) is 0.571. The molecule has 2 fully saturated rings. The minimum absolute atomic E-state index is 0.110. The van der Waals surface area contributed by atoms with E-state index in [-0.39, 0.29) is 22.5 Å². The van der Waals surface area contributed by atoms with E-state index >= 15 is 0 Å². The molecule has 2 aromatic rings. The predicted molar refractivity (Wildman–Crippen MR) is 116 cm³/mol. The van der Waals surface area contributed by atoms with Crippen molar-refractivity contribution in [3.05, 3.63) is 41.6 Å². The largest absolute Gasteiger partial charge is 0.465 e. The van der Waals surface area contributed by atoms with Crippen LogP contribution in [0.4, 0.5) is 0 Å². The summed E-state index contributed by atoms with van der Waals surface area (Å²) < 4.78 is 45.3. The summed E-state index contributed by atoms with van der Waals surface area (Å²) in [5.41, 5.74) is 0.285. The summed E-state index contributed by atoms with van der Waals surface area (Å²) in [6.45, 7) is 6.32. The molecule has 4 heterocycles. The molecule has 0 unspecified atom stereocenters. The molecule has 1 atom stereocenters. The number of aryl methyl sites for hydroxylation is 2. The average Bonchev–Trinajstić information content (AvgIpc) is 3.41. The number of furan rings is 1. The first-order chi connectivity index (χ1) is 15.4. The van der Waals surface area contributed by atoms with E-state index < -0.39 is 10.0 Å². The molecule has 2 aromatic heterocycles. The number of nitrogens with one attached hydrogen (secondary N) is 1. The Kier molecular flexibility index (Phi) is 7.01. The summed E-state index contributed by atoms with van der Waals surface area (Å²) in [7, 11) is -2.00. The molecule has 0 aromatic carbocycles. The quantitative estimate of drug-likeness (QED) is 0.642. The van der Waals surface area contributed by atoms with Crippen LogP contribution in [0.1, 0.15) is 28.1 Å². The summed E-state index contributed by atoms with van der Waals surface area (Å²) >= 11 is 0. The van der Waals surface area contributed by atoms with Crippen LogP contribution in [0.15, 0.2) is 33.7 Å². The molecule has 0 saturated carbocycles. The van der Waals surface area contributed by atoms with Gasteiger partial charge in [0.1, 0.15) is 22.1 Å². The molecule has 32 heavy (non-hydrogen) atoms. The Morgan fingerprint density at radius 3 is 2.38 bits per heavy atom. The smallest absolute Gasteiger partial charge is 0.268 e. The van der Waals surface area contributed by atoms with Gasteiger partial charge in [0.2, 0.25) is 10.0 Å². The molecule has 1 N–H and O–H groups in total. The number of ether oxygens (including phenoxy) is 2. The van der Waals surface area contributed by atoms with E-state index in [1.54, 1.807) is 11.6 Å². The minimum atomic E-state index is -3.67. The lowest BCUT2D eigenvalue weighted by atomic mass is 10.1. The van der Waals surface area contributed by atoms with E-state index in [0.717, 1.165) is 24.6 Å². The van der Waals surface area contributed by atoms with Gasteiger partial charge in [-0.1, -0.05) is 0 Å². The molecular formula is C21H30N4O6S. The highest BCUT2D eigenvalue weighted by atomic mass is 32.2. The summed E-state index contributed by atoms with van der Waals surface area (Å²) in [5.74, 6) is 1.26. The lowest BCUT2D eigenvalue weighted by Crippen LogP contribution is -2.43. The molecule has 0 radical (unpaired) electrons. The number of morpholine rings is 2. The molecule has 0 spiro atoms. The molecule has 2 saturated heterocycles. The first-order valence-electron chi connectivity index (χ1n) is 10.8. The van der Waals surface area contributed by atoms with Crippen LogP contribution in [-0.2, 0) is 26.5 Å². The number of carbonyl (C=O) groups excluding carboxylic acids is 1. The number of sulfonamides is 1. The second-order valence-corrected chi connectivity index (χ2v) is 9.95. The second kappa shape index (κ2) is 9.75. The van der Waals surface area contributed by atoms with Gasteiger partial charge in [-0.3, -0.25) is 9.69 Å². The van der Waals surface area contributed by atoms with Crippen LogP contribution in [0.5, 0.6) is 0 Å².